The SMILES string of the molecule is CCOc1cc2c(s1)CCCC2. The normalized spacial score (nSPS) is 15.8. The minimum Gasteiger partial charge on any atom is -0.484 e. The van der Waals surface area contributed by atoms with Crippen LogP contribution >= 0.6 is 11.3 Å². The van der Waals surface area contributed by atoms with E-state index in [1.807, 2.05) is 18.3 Å². The molecule has 0 fully saturated rings. The van der Waals surface area contributed by atoms with E-state index in [4.69, 9.17) is 4.74 Å². The molecule has 0 unspecified atom stereocenters. The summed E-state index contributed by atoms with van der Waals surface area (Å²) in [7, 11) is 0. The highest BCUT2D eigenvalue weighted by Crippen LogP contribution is 2.34. The van der Waals surface area contributed by atoms with Gasteiger partial charge in [-0.1, -0.05) is 0 Å². The summed E-state index contributed by atoms with van der Waals surface area (Å²) in [5.74, 6) is 0. The van der Waals surface area contributed by atoms with E-state index in [1.54, 1.807) is 4.88 Å². The van der Waals surface area contributed by atoms with Gasteiger partial charge in [-0.25, -0.2) is 0 Å². The van der Waals surface area contributed by atoms with Crippen molar-refractivity contribution in [1.82, 2.24) is 0 Å². The van der Waals surface area contributed by atoms with Gasteiger partial charge in [-0.15, -0.1) is 11.3 Å². The molecule has 1 nitrogen and oxygen atoms in total. The molecule has 0 amide bonds. The predicted octanol–water partition coefficient (Wildman–Crippen LogP) is 3.03. The fraction of sp³-hybridized carbons (Fsp3) is 0.600. The molecule has 0 spiro atoms. The van der Waals surface area contributed by atoms with Crippen LogP contribution in [0.4, 0.5) is 0 Å². The summed E-state index contributed by atoms with van der Waals surface area (Å²) in [5.41, 5.74) is 1.54. The van der Waals surface area contributed by atoms with Gasteiger partial charge in [-0.2, -0.15) is 0 Å². The number of ether oxygens (including phenoxy) is 1. The molecule has 0 bridgehead atoms. The Bertz CT molecular complexity index is 241. The molecule has 0 saturated carbocycles. The zero-order valence-corrected chi connectivity index (χ0v) is 8.25. The maximum absolute atomic E-state index is 5.48. The van der Waals surface area contributed by atoms with Crippen LogP contribution in [0.15, 0.2) is 6.07 Å². The molecule has 12 heavy (non-hydrogen) atoms. The van der Waals surface area contributed by atoms with E-state index in [1.165, 1.54) is 31.2 Å². The molecule has 1 aliphatic carbocycles. The molecule has 0 N–H and O–H groups in total. The van der Waals surface area contributed by atoms with Crippen molar-refractivity contribution in [3.05, 3.63) is 16.5 Å². The van der Waals surface area contributed by atoms with Crippen LogP contribution in [0.1, 0.15) is 30.2 Å². The molecule has 1 heterocycles. The van der Waals surface area contributed by atoms with Gasteiger partial charge in [0.05, 0.1) is 6.61 Å². The van der Waals surface area contributed by atoms with Crippen LogP contribution in [0.25, 0.3) is 0 Å². The molecule has 2 rings (SSSR count). The van der Waals surface area contributed by atoms with Crippen molar-refractivity contribution in [2.24, 2.45) is 0 Å². The first-order valence-corrected chi connectivity index (χ1v) is 5.46. The summed E-state index contributed by atoms with van der Waals surface area (Å²) in [6.45, 7) is 2.83. The first-order chi connectivity index (χ1) is 5.90. The highest BCUT2D eigenvalue weighted by molar-refractivity contribution is 7.14. The van der Waals surface area contributed by atoms with E-state index in [9.17, 15) is 0 Å². The third-order valence-electron chi connectivity index (χ3n) is 2.26. The van der Waals surface area contributed by atoms with Crippen molar-refractivity contribution in [1.29, 1.82) is 0 Å². The summed E-state index contributed by atoms with van der Waals surface area (Å²) in [6.07, 6.45) is 5.25. The Kier molecular flexibility index (Phi) is 2.35. The summed E-state index contributed by atoms with van der Waals surface area (Å²) >= 11 is 1.84. The fourth-order valence-electron chi connectivity index (χ4n) is 1.68. The maximum atomic E-state index is 5.48. The number of rotatable bonds is 2. The van der Waals surface area contributed by atoms with Crippen molar-refractivity contribution in [2.45, 2.75) is 32.6 Å². The number of fused-ring (bicyclic) bond motifs is 1. The van der Waals surface area contributed by atoms with Crippen molar-refractivity contribution < 1.29 is 4.74 Å². The number of hydrogen-bond donors (Lipinski definition) is 0. The number of thiophene rings is 1. The molecule has 1 aromatic heterocycles. The Morgan fingerprint density at radius 2 is 2.25 bits per heavy atom. The zero-order valence-electron chi connectivity index (χ0n) is 7.43. The van der Waals surface area contributed by atoms with Gasteiger partial charge in [0, 0.05) is 4.88 Å². The second-order valence-electron chi connectivity index (χ2n) is 3.15. The lowest BCUT2D eigenvalue weighted by molar-refractivity contribution is 0.350. The lowest BCUT2D eigenvalue weighted by Gasteiger charge is -2.08. The second-order valence-corrected chi connectivity index (χ2v) is 4.25. The summed E-state index contributed by atoms with van der Waals surface area (Å²) in [6, 6.07) is 2.22. The molecule has 1 aliphatic rings. The Morgan fingerprint density at radius 3 is 3.00 bits per heavy atom. The monoisotopic (exact) mass is 182 g/mol. The van der Waals surface area contributed by atoms with Crippen molar-refractivity contribution in [3.63, 3.8) is 0 Å². The van der Waals surface area contributed by atoms with Gasteiger partial charge >= 0.3 is 0 Å². The van der Waals surface area contributed by atoms with Gasteiger partial charge in [0.2, 0.25) is 0 Å². The molecule has 0 aromatic carbocycles. The largest absolute Gasteiger partial charge is 0.484 e. The quantitative estimate of drug-likeness (QED) is 0.683. The Morgan fingerprint density at radius 1 is 1.42 bits per heavy atom. The van der Waals surface area contributed by atoms with Gasteiger partial charge < -0.3 is 4.74 Å². The fourth-order valence-corrected chi connectivity index (χ4v) is 2.84. The third kappa shape index (κ3) is 1.48. The van der Waals surface area contributed by atoms with Gasteiger partial charge in [-0.3, -0.25) is 0 Å². The third-order valence-corrected chi connectivity index (χ3v) is 3.41. The van der Waals surface area contributed by atoms with Crippen LogP contribution in [-0.2, 0) is 12.8 Å². The van der Waals surface area contributed by atoms with Crippen molar-refractivity contribution in [2.75, 3.05) is 6.61 Å². The van der Waals surface area contributed by atoms with E-state index < -0.39 is 0 Å². The first-order valence-electron chi connectivity index (χ1n) is 4.64. The highest BCUT2D eigenvalue weighted by Gasteiger charge is 2.13. The smallest absolute Gasteiger partial charge is 0.174 e. The summed E-state index contributed by atoms with van der Waals surface area (Å²) in [5, 5.41) is 1.12. The molecule has 0 radical (unpaired) electrons. The lowest BCUT2D eigenvalue weighted by Crippen LogP contribution is -1.96. The first kappa shape index (κ1) is 8.11. The van der Waals surface area contributed by atoms with E-state index in [0.717, 1.165) is 11.7 Å². The van der Waals surface area contributed by atoms with Gasteiger partial charge in [0.15, 0.2) is 5.06 Å². The average Bonchev–Trinajstić information content (AvgIpc) is 2.47. The van der Waals surface area contributed by atoms with E-state index in [2.05, 4.69) is 6.07 Å². The van der Waals surface area contributed by atoms with Crippen LogP contribution < -0.4 is 4.74 Å². The Labute approximate surface area is 77.4 Å². The standard InChI is InChI=1S/C10H14OS/c1-2-11-10-7-8-5-3-4-6-9(8)12-10/h7H,2-6H2,1H3. The van der Waals surface area contributed by atoms with Crippen molar-refractivity contribution >= 4 is 11.3 Å². The molecule has 66 valence electrons. The summed E-state index contributed by atoms with van der Waals surface area (Å²) in [4.78, 5) is 1.56. The number of hydrogen-bond acceptors (Lipinski definition) is 2. The molecule has 2 heteroatoms. The minimum atomic E-state index is 0.791. The molecular formula is C10H14OS. The molecule has 0 aliphatic heterocycles. The Hall–Kier alpha value is -0.500. The topological polar surface area (TPSA) is 9.23 Å². The number of aryl methyl sites for hydroxylation is 2. The van der Waals surface area contributed by atoms with Crippen LogP contribution in [0.2, 0.25) is 0 Å². The molecule has 0 saturated heterocycles. The van der Waals surface area contributed by atoms with E-state index in [0.29, 0.717) is 0 Å². The van der Waals surface area contributed by atoms with Crippen LogP contribution in [0.5, 0.6) is 5.06 Å². The highest BCUT2D eigenvalue weighted by atomic mass is 32.1. The van der Waals surface area contributed by atoms with Gasteiger partial charge in [0.25, 0.3) is 0 Å². The predicted molar refractivity (Wildman–Crippen MR) is 52.1 cm³/mol. The van der Waals surface area contributed by atoms with E-state index >= 15 is 0 Å². The molecular weight excluding hydrogens is 168 g/mol. The Balaban J connectivity index is 2.20. The van der Waals surface area contributed by atoms with Crippen LogP contribution in [0.3, 0.4) is 0 Å². The maximum Gasteiger partial charge on any atom is 0.174 e. The zero-order chi connectivity index (χ0) is 8.39. The average molecular weight is 182 g/mol. The van der Waals surface area contributed by atoms with Gasteiger partial charge in [0.1, 0.15) is 0 Å². The second kappa shape index (κ2) is 3.48. The van der Waals surface area contributed by atoms with Crippen molar-refractivity contribution in [3.8, 4) is 5.06 Å². The molecule has 1 aromatic rings. The van der Waals surface area contributed by atoms with Gasteiger partial charge in [-0.05, 0) is 44.2 Å². The minimum absolute atomic E-state index is 0.791. The summed E-state index contributed by atoms with van der Waals surface area (Å²) < 4.78 is 5.48. The lowest BCUT2D eigenvalue weighted by atomic mass is 10.00. The van der Waals surface area contributed by atoms with Crippen LogP contribution in [0, 0.1) is 0 Å². The van der Waals surface area contributed by atoms with E-state index in [-0.39, 0.29) is 0 Å². The van der Waals surface area contributed by atoms with Crippen LogP contribution in [-0.4, -0.2) is 6.61 Å². The molecule has 0 atom stereocenters.